The Morgan fingerprint density at radius 1 is 1.34 bits per heavy atom. The number of sulfonamides is 1. The number of piperidine rings is 1. The van der Waals surface area contributed by atoms with Gasteiger partial charge in [-0.25, -0.2) is 8.42 Å². The minimum Gasteiger partial charge on any atom is -0.339 e. The highest BCUT2D eigenvalue weighted by atomic mass is 32.2. The highest BCUT2D eigenvalue weighted by Crippen LogP contribution is 2.31. The average Bonchev–Trinajstić information content (AvgIpc) is 3.47. The number of thiophene rings is 1. The number of amides is 1. The van der Waals surface area contributed by atoms with Crippen LogP contribution in [-0.2, 0) is 21.2 Å². The molecule has 0 spiro atoms. The maximum atomic E-state index is 13.3. The van der Waals surface area contributed by atoms with Crippen molar-refractivity contribution in [3.63, 3.8) is 0 Å². The summed E-state index contributed by atoms with van der Waals surface area (Å²) < 4.78 is 33.3. The average molecular weight is 475 g/mol. The highest BCUT2D eigenvalue weighted by Gasteiger charge is 2.34. The lowest BCUT2D eigenvalue weighted by Gasteiger charge is -2.31. The number of hydrogen-bond acceptors (Lipinski definition) is 7. The number of carbonyl (C=O) groups excluding carboxylic acids is 1. The predicted molar refractivity (Wildman–Crippen MR) is 123 cm³/mol. The zero-order valence-corrected chi connectivity index (χ0v) is 19.9. The molecule has 170 valence electrons. The van der Waals surface area contributed by atoms with E-state index in [2.05, 4.69) is 15.5 Å². The van der Waals surface area contributed by atoms with E-state index in [4.69, 9.17) is 4.52 Å². The Kier molecular flexibility index (Phi) is 6.45. The molecule has 8 nitrogen and oxygen atoms in total. The third-order valence-corrected chi connectivity index (χ3v) is 9.10. The summed E-state index contributed by atoms with van der Waals surface area (Å²) in [4.78, 5) is 17.2. The minimum atomic E-state index is -3.72. The van der Waals surface area contributed by atoms with Gasteiger partial charge in [0.25, 0.3) is 10.0 Å². The van der Waals surface area contributed by atoms with E-state index < -0.39 is 15.9 Å². The number of benzene rings is 1. The summed E-state index contributed by atoms with van der Waals surface area (Å²) in [5.74, 6) is 0.333. The Bertz CT molecular complexity index is 1230. The van der Waals surface area contributed by atoms with E-state index >= 15 is 0 Å². The van der Waals surface area contributed by atoms with Crippen molar-refractivity contribution in [2.24, 2.45) is 5.92 Å². The molecule has 2 aromatic heterocycles. The van der Waals surface area contributed by atoms with Crippen LogP contribution in [0.15, 0.2) is 38.4 Å². The summed E-state index contributed by atoms with van der Waals surface area (Å²) in [6.45, 7) is 6.42. The van der Waals surface area contributed by atoms with E-state index in [9.17, 15) is 13.2 Å². The summed E-state index contributed by atoms with van der Waals surface area (Å²) >= 11 is 1.13. The zero-order valence-electron chi connectivity index (χ0n) is 18.3. The summed E-state index contributed by atoms with van der Waals surface area (Å²) in [5.41, 5.74) is 3.49. The molecule has 32 heavy (non-hydrogen) atoms. The molecule has 10 heteroatoms. The first-order valence-corrected chi connectivity index (χ1v) is 12.9. The van der Waals surface area contributed by atoms with Gasteiger partial charge in [0.15, 0.2) is 0 Å². The van der Waals surface area contributed by atoms with Crippen LogP contribution in [0.4, 0.5) is 5.69 Å². The van der Waals surface area contributed by atoms with Gasteiger partial charge in [0, 0.05) is 36.1 Å². The van der Waals surface area contributed by atoms with E-state index in [1.807, 2.05) is 39.0 Å². The molecule has 0 bridgehead atoms. The number of rotatable bonds is 6. The van der Waals surface area contributed by atoms with Crippen molar-refractivity contribution in [2.75, 3.05) is 18.4 Å². The van der Waals surface area contributed by atoms with Crippen LogP contribution in [0.25, 0.3) is 11.4 Å². The van der Waals surface area contributed by atoms with Crippen LogP contribution >= 0.6 is 11.3 Å². The fraction of sp³-hybridized carbons (Fsp3) is 0.409. The van der Waals surface area contributed by atoms with Crippen molar-refractivity contribution in [2.45, 2.75) is 44.2 Å². The van der Waals surface area contributed by atoms with Gasteiger partial charge in [-0.05, 0) is 49.9 Å². The summed E-state index contributed by atoms with van der Waals surface area (Å²) in [6.07, 6.45) is 1.90. The minimum absolute atomic E-state index is 0.149. The summed E-state index contributed by atoms with van der Waals surface area (Å²) in [6, 6.07) is 7.33. The standard InChI is InChI=1S/C22H26N4O4S2/c1-4-19-24-21(25-30-19)17-11-20(31-13-17)32(28,29)26-10-6-8-16(12-26)22(27)23-18-9-5-7-14(2)15(18)3/h5,7,9,11,13,16H,4,6,8,10,12H2,1-3H3,(H,23,27)/t16-/m1/s1. The number of aryl methyl sites for hydroxylation is 2. The van der Waals surface area contributed by atoms with Gasteiger partial charge >= 0.3 is 0 Å². The molecule has 0 saturated carbocycles. The number of nitrogens with one attached hydrogen (secondary N) is 1. The number of anilines is 1. The third-order valence-electron chi connectivity index (χ3n) is 5.82. The van der Waals surface area contributed by atoms with Crippen molar-refractivity contribution < 1.29 is 17.7 Å². The van der Waals surface area contributed by atoms with Gasteiger partial charge in [-0.1, -0.05) is 24.2 Å². The highest BCUT2D eigenvalue weighted by molar-refractivity contribution is 7.91. The molecule has 1 fully saturated rings. The molecule has 0 radical (unpaired) electrons. The molecule has 4 rings (SSSR count). The molecule has 1 N–H and O–H groups in total. The molecular formula is C22H26N4O4S2. The fourth-order valence-electron chi connectivity index (χ4n) is 3.71. The Balaban J connectivity index is 1.48. The number of aromatic nitrogens is 2. The van der Waals surface area contributed by atoms with Gasteiger partial charge in [-0.15, -0.1) is 11.3 Å². The van der Waals surface area contributed by atoms with Crippen LogP contribution < -0.4 is 5.32 Å². The van der Waals surface area contributed by atoms with Gasteiger partial charge in [-0.2, -0.15) is 9.29 Å². The lowest BCUT2D eigenvalue weighted by molar-refractivity contribution is -0.120. The first kappa shape index (κ1) is 22.6. The van der Waals surface area contributed by atoms with E-state index in [1.54, 1.807) is 11.4 Å². The molecule has 1 saturated heterocycles. The van der Waals surface area contributed by atoms with Gasteiger partial charge in [0.05, 0.1) is 5.92 Å². The van der Waals surface area contributed by atoms with E-state index in [0.29, 0.717) is 43.1 Å². The normalized spacial score (nSPS) is 17.4. The van der Waals surface area contributed by atoms with Crippen LogP contribution in [-0.4, -0.2) is 41.9 Å². The van der Waals surface area contributed by atoms with Crippen molar-refractivity contribution in [1.29, 1.82) is 0 Å². The Labute approximate surface area is 191 Å². The molecule has 1 aliphatic rings. The summed E-state index contributed by atoms with van der Waals surface area (Å²) in [7, 11) is -3.72. The largest absolute Gasteiger partial charge is 0.339 e. The predicted octanol–water partition coefficient (Wildman–Crippen LogP) is 4.02. The van der Waals surface area contributed by atoms with Gasteiger partial charge in [-0.3, -0.25) is 4.79 Å². The number of carbonyl (C=O) groups is 1. The van der Waals surface area contributed by atoms with E-state index in [0.717, 1.165) is 28.2 Å². The first-order chi connectivity index (χ1) is 15.3. The molecule has 1 amide bonds. The second-order valence-electron chi connectivity index (χ2n) is 7.96. The first-order valence-electron chi connectivity index (χ1n) is 10.6. The topological polar surface area (TPSA) is 105 Å². The molecular weight excluding hydrogens is 448 g/mol. The Morgan fingerprint density at radius 3 is 2.91 bits per heavy atom. The molecule has 1 atom stereocenters. The van der Waals surface area contributed by atoms with Crippen LogP contribution in [0.5, 0.6) is 0 Å². The quantitative estimate of drug-likeness (QED) is 0.579. The van der Waals surface area contributed by atoms with Gasteiger partial charge < -0.3 is 9.84 Å². The second-order valence-corrected chi connectivity index (χ2v) is 11.0. The lowest BCUT2D eigenvalue weighted by Crippen LogP contribution is -2.43. The monoisotopic (exact) mass is 474 g/mol. The van der Waals surface area contributed by atoms with Gasteiger partial charge in [0.2, 0.25) is 17.6 Å². The maximum Gasteiger partial charge on any atom is 0.252 e. The maximum absolute atomic E-state index is 13.3. The Morgan fingerprint density at radius 2 is 2.16 bits per heavy atom. The SMILES string of the molecule is CCc1nc(-c2csc(S(=O)(=O)N3CCC[C@@H](C(=O)Nc4cccc(C)c4C)C3)c2)no1. The van der Waals surface area contributed by atoms with Crippen molar-refractivity contribution in [1.82, 2.24) is 14.4 Å². The fourth-order valence-corrected chi connectivity index (χ4v) is 6.54. The molecule has 3 aromatic rings. The van der Waals surface area contributed by atoms with Gasteiger partial charge in [0.1, 0.15) is 4.21 Å². The smallest absolute Gasteiger partial charge is 0.252 e. The second kappa shape index (κ2) is 9.13. The Hall–Kier alpha value is -2.56. The molecule has 0 unspecified atom stereocenters. The molecule has 3 heterocycles. The van der Waals surface area contributed by atoms with E-state index in [-0.39, 0.29) is 16.7 Å². The molecule has 1 aromatic carbocycles. The van der Waals surface area contributed by atoms with Crippen LogP contribution in [0.2, 0.25) is 0 Å². The van der Waals surface area contributed by atoms with Crippen LogP contribution in [0.3, 0.4) is 0 Å². The van der Waals surface area contributed by atoms with Crippen LogP contribution in [0.1, 0.15) is 36.8 Å². The lowest BCUT2D eigenvalue weighted by atomic mass is 9.98. The summed E-state index contributed by atoms with van der Waals surface area (Å²) in [5, 5.41) is 8.61. The third kappa shape index (κ3) is 4.48. The van der Waals surface area contributed by atoms with Crippen molar-refractivity contribution in [3.05, 3.63) is 46.7 Å². The van der Waals surface area contributed by atoms with Crippen LogP contribution in [0, 0.1) is 19.8 Å². The molecule has 0 aliphatic carbocycles. The number of hydrogen-bond donors (Lipinski definition) is 1. The van der Waals surface area contributed by atoms with Crippen molar-refractivity contribution >= 4 is 33.0 Å². The zero-order chi connectivity index (χ0) is 22.9. The molecule has 1 aliphatic heterocycles. The van der Waals surface area contributed by atoms with Crippen molar-refractivity contribution in [3.8, 4) is 11.4 Å². The van der Waals surface area contributed by atoms with E-state index in [1.165, 1.54) is 4.31 Å². The number of nitrogens with zero attached hydrogens (tertiary/aromatic N) is 3.